The van der Waals surface area contributed by atoms with Crippen LogP contribution in [0.15, 0.2) is 0 Å². The van der Waals surface area contributed by atoms with Gasteiger partial charge in [-0.25, -0.2) is 0 Å². The molecule has 1 fully saturated rings. The zero-order valence-electron chi connectivity index (χ0n) is 8.04. The van der Waals surface area contributed by atoms with Crippen LogP contribution in [0.2, 0.25) is 0 Å². The highest BCUT2D eigenvalue weighted by Crippen LogP contribution is 2.30. The molecule has 0 aliphatic carbocycles. The van der Waals surface area contributed by atoms with E-state index in [-0.39, 0.29) is 0 Å². The van der Waals surface area contributed by atoms with Gasteiger partial charge in [-0.2, -0.15) is 0 Å². The molecule has 1 saturated heterocycles. The van der Waals surface area contributed by atoms with Crippen molar-refractivity contribution in [2.45, 2.75) is 38.8 Å². The lowest BCUT2D eigenvalue weighted by Crippen LogP contribution is -2.29. The highest BCUT2D eigenvalue weighted by Gasteiger charge is 2.39. The van der Waals surface area contributed by atoms with Gasteiger partial charge in [-0.3, -0.25) is 0 Å². The Labute approximate surface area is 74.6 Å². The molecule has 0 saturated carbocycles. The van der Waals surface area contributed by atoms with Crippen LogP contribution in [-0.2, 0) is 0 Å². The lowest BCUT2D eigenvalue weighted by molar-refractivity contribution is 0.0734. The number of nitrogens with zero attached hydrogens (tertiary/aromatic N) is 1. The van der Waals surface area contributed by atoms with E-state index in [0.717, 1.165) is 6.42 Å². The molecule has 1 heterocycles. The SMILES string of the molecule is C#CN1C[C@](C)(O)CC1C(C)C. The monoisotopic (exact) mass is 167 g/mol. The van der Waals surface area contributed by atoms with E-state index in [9.17, 15) is 5.11 Å². The van der Waals surface area contributed by atoms with Crippen LogP contribution in [0.1, 0.15) is 27.2 Å². The first-order valence-electron chi connectivity index (χ1n) is 4.41. The first kappa shape index (κ1) is 9.41. The third-order valence-electron chi connectivity index (χ3n) is 2.50. The van der Waals surface area contributed by atoms with Crippen molar-refractivity contribution in [1.82, 2.24) is 4.90 Å². The molecule has 12 heavy (non-hydrogen) atoms. The topological polar surface area (TPSA) is 23.5 Å². The van der Waals surface area contributed by atoms with Crippen molar-refractivity contribution in [2.24, 2.45) is 5.92 Å². The molecule has 68 valence electrons. The molecule has 1 aliphatic rings. The summed E-state index contributed by atoms with van der Waals surface area (Å²) in [6, 6.07) is 2.96. The Balaban J connectivity index is 2.71. The number of aliphatic hydroxyl groups is 1. The van der Waals surface area contributed by atoms with Gasteiger partial charge in [-0.05, 0) is 19.3 Å². The van der Waals surface area contributed by atoms with E-state index in [2.05, 4.69) is 19.9 Å². The Bertz CT molecular complexity index is 202. The van der Waals surface area contributed by atoms with E-state index in [0.29, 0.717) is 18.5 Å². The lowest BCUT2D eigenvalue weighted by Gasteiger charge is -2.22. The minimum atomic E-state index is -0.596. The van der Waals surface area contributed by atoms with Crippen molar-refractivity contribution in [3.05, 3.63) is 0 Å². The smallest absolute Gasteiger partial charge is 0.0821 e. The van der Waals surface area contributed by atoms with Crippen molar-refractivity contribution in [3.63, 3.8) is 0 Å². The maximum absolute atomic E-state index is 9.78. The van der Waals surface area contributed by atoms with Crippen molar-refractivity contribution >= 4 is 0 Å². The summed E-state index contributed by atoms with van der Waals surface area (Å²) in [6.45, 7) is 6.72. The van der Waals surface area contributed by atoms with E-state index in [1.807, 2.05) is 11.8 Å². The summed E-state index contributed by atoms with van der Waals surface area (Å²) in [5.74, 6) is 0.509. The van der Waals surface area contributed by atoms with Gasteiger partial charge in [-0.1, -0.05) is 20.3 Å². The Morgan fingerprint density at radius 3 is 2.58 bits per heavy atom. The number of rotatable bonds is 1. The maximum Gasteiger partial charge on any atom is 0.0821 e. The molecule has 0 spiro atoms. The Hall–Kier alpha value is -0.680. The molecule has 2 nitrogen and oxygen atoms in total. The fraction of sp³-hybridized carbons (Fsp3) is 0.800. The van der Waals surface area contributed by atoms with Gasteiger partial charge < -0.3 is 10.0 Å². The van der Waals surface area contributed by atoms with E-state index in [1.165, 1.54) is 0 Å². The predicted molar refractivity (Wildman–Crippen MR) is 49.4 cm³/mol. The van der Waals surface area contributed by atoms with E-state index >= 15 is 0 Å². The first-order chi connectivity index (χ1) is 5.46. The molecular formula is C10H17NO. The van der Waals surface area contributed by atoms with Crippen LogP contribution in [0.5, 0.6) is 0 Å². The Kier molecular flexibility index (Phi) is 2.34. The second-order valence-corrected chi connectivity index (χ2v) is 4.27. The van der Waals surface area contributed by atoms with Gasteiger partial charge in [0, 0.05) is 12.1 Å². The fourth-order valence-corrected chi connectivity index (χ4v) is 1.85. The Morgan fingerprint density at radius 2 is 2.25 bits per heavy atom. The van der Waals surface area contributed by atoms with Gasteiger partial charge in [0.1, 0.15) is 0 Å². The van der Waals surface area contributed by atoms with Crippen molar-refractivity contribution < 1.29 is 5.11 Å². The van der Waals surface area contributed by atoms with Crippen LogP contribution in [0.3, 0.4) is 0 Å². The van der Waals surface area contributed by atoms with Crippen molar-refractivity contribution in [2.75, 3.05) is 6.54 Å². The summed E-state index contributed by atoms with van der Waals surface area (Å²) >= 11 is 0. The van der Waals surface area contributed by atoms with Crippen LogP contribution in [-0.4, -0.2) is 28.2 Å². The molecule has 1 unspecified atom stereocenters. The molecule has 0 aromatic heterocycles. The molecule has 1 N–H and O–H groups in total. The quantitative estimate of drug-likeness (QED) is 0.590. The summed E-state index contributed by atoms with van der Waals surface area (Å²) in [6.07, 6.45) is 6.13. The van der Waals surface area contributed by atoms with Gasteiger partial charge >= 0.3 is 0 Å². The van der Waals surface area contributed by atoms with Crippen LogP contribution in [0.25, 0.3) is 0 Å². The third kappa shape index (κ3) is 1.73. The lowest BCUT2D eigenvalue weighted by atomic mass is 9.96. The molecule has 1 aliphatic heterocycles. The van der Waals surface area contributed by atoms with Gasteiger partial charge in [0.2, 0.25) is 0 Å². The predicted octanol–water partition coefficient (Wildman–Crippen LogP) is 1.06. The summed E-state index contributed by atoms with van der Waals surface area (Å²) < 4.78 is 0. The number of terminal acetylenes is 1. The molecule has 0 bridgehead atoms. The molecule has 0 aromatic carbocycles. The van der Waals surface area contributed by atoms with Gasteiger partial charge in [0.25, 0.3) is 0 Å². The second kappa shape index (κ2) is 2.99. The Morgan fingerprint density at radius 1 is 1.67 bits per heavy atom. The van der Waals surface area contributed by atoms with E-state index in [1.54, 1.807) is 0 Å². The van der Waals surface area contributed by atoms with Crippen molar-refractivity contribution in [1.29, 1.82) is 0 Å². The molecule has 0 aromatic rings. The highest BCUT2D eigenvalue weighted by molar-refractivity contribution is 5.02. The summed E-state index contributed by atoms with van der Waals surface area (Å²) in [4.78, 5) is 1.91. The summed E-state index contributed by atoms with van der Waals surface area (Å²) in [7, 11) is 0. The van der Waals surface area contributed by atoms with E-state index in [4.69, 9.17) is 6.42 Å². The standard InChI is InChI=1S/C10H17NO/c1-5-11-7-10(4,12)6-9(11)8(2)3/h1,8-9,12H,6-7H2,2-4H3/t9?,10-/m1/s1. The largest absolute Gasteiger partial charge is 0.388 e. The molecule has 2 heteroatoms. The maximum atomic E-state index is 9.78. The molecule has 0 amide bonds. The second-order valence-electron chi connectivity index (χ2n) is 4.27. The normalized spacial score (nSPS) is 35.7. The van der Waals surface area contributed by atoms with Crippen LogP contribution in [0, 0.1) is 18.4 Å². The third-order valence-corrected chi connectivity index (χ3v) is 2.50. The average molecular weight is 167 g/mol. The van der Waals surface area contributed by atoms with Crippen molar-refractivity contribution in [3.8, 4) is 12.5 Å². The minimum Gasteiger partial charge on any atom is -0.388 e. The van der Waals surface area contributed by atoms with Crippen LogP contribution < -0.4 is 0 Å². The zero-order chi connectivity index (χ0) is 9.35. The zero-order valence-corrected chi connectivity index (χ0v) is 8.04. The molecular weight excluding hydrogens is 150 g/mol. The molecule has 2 atom stereocenters. The number of hydrogen-bond donors (Lipinski definition) is 1. The molecule has 1 rings (SSSR count). The number of likely N-dealkylation sites (tertiary alicyclic amines) is 1. The summed E-state index contributed by atoms with van der Waals surface area (Å²) in [5.41, 5.74) is -0.596. The average Bonchev–Trinajstić information content (AvgIpc) is 2.25. The first-order valence-corrected chi connectivity index (χ1v) is 4.41. The number of β-amino-alcohol motifs (C(OH)–C–C–N with tert-alkyl or cyclic N) is 1. The van der Waals surface area contributed by atoms with Crippen LogP contribution >= 0.6 is 0 Å². The van der Waals surface area contributed by atoms with Crippen LogP contribution in [0.4, 0.5) is 0 Å². The van der Waals surface area contributed by atoms with Gasteiger partial charge in [0.15, 0.2) is 0 Å². The van der Waals surface area contributed by atoms with Gasteiger partial charge in [0.05, 0.1) is 12.1 Å². The number of hydrogen-bond acceptors (Lipinski definition) is 2. The fourth-order valence-electron chi connectivity index (χ4n) is 1.85. The highest BCUT2D eigenvalue weighted by atomic mass is 16.3. The minimum absolute atomic E-state index is 0.338. The summed E-state index contributed by atoms with van der Waals surface area (Å²) in [5, 5.41) is 9.78. The van der Waals surface area contributed by atoms with E-state index < -0.39 is 5.60 Å². The van der Waals surface area contributed by atoms with Gasteiger partial charge in [-0.15, -0.1) is 0 Å². The molecule has 0 radical (unpaired) electrons.